The van der Waals surface area contributed by atoms with E-state index in [9.17, 15) is 4.79 Å². The fourth-order valence-electron chi connectivity index (χ4n) is 2.82. The summed E-state index contributed by atoms with van der Waals surface area (Å²) < 4.78 is 0. The van der Waals surface area contributed by atoms with Gasteiger partial charge in [-0.3, -0.25) is 4.79 Å². The van der Waals surface area contributed by atoms with Gasteiger partial charge in [0.1, 0.15) is 0 Å². The Balaban J connectivity index is 1.64. The number of hydrogen-bond acceptors (Lipinski definition) is 2. The third kappa shape index (κ3) is 2.07. The fraction of sp³-hybridized carbons (Fsp3) is 0.500. The van der Waals surface area contributed by atoms with Gasteiger partial charge in [-0.05, 0) is 24.3 Å². The highest BCUT2D eigenvalue weighted by atomic mass is 16.2. The minimum absolute atomic E-state index is 0.203. The molecule has 0 aromatic heterocycles. The summed E-state index contributed by atoms with van der Waals surface area (Å²) >= 11 is 0. The quantitative estimate of drug-likeness (QED) is 0.852. The molecule has 3 heteroatoms. The predicted molar refractivity (Wildman–Crippen MR) is 66.0 cm³/mol. The van der Waals surface area contributed by atoms with Crippen molar-refractivity contribution in [3.05, 3.63) is 35.9 Å². The zero-order valence-corrected chi connectivity index (χ0v) is 9.88. The maximum atomic E-state index is 12.2. The molecule has 0 spiro atoms. The fourth-order valence-corrected chi connectivity index (χ4v) is 2.82. The molecule has 3 atom stereocenters. The summed E-state index contributed by atoms with van der Waals surface area (Å²) in [6.45, 7) is 1.64. The maximum Gasteiger partial charge on any atom is 0.226 e. The Morgan fingerprint density at radius 1 is 1.29 bits per heavy atom. The Morgan fingerprint density at radius 2 is 2.00 bits per heavy atom. The molecule has 1 aliphatic heterocycles. The minimum Gasteiger partial charge on any atom is -0.338 e. The van der Waals surface area contributed by atoms with Crippen LogP contribution in [0.25, 0.3) is 0 Å². The number of benzene rings is 1. The van der Waals surface area contributed by atoms with E-state index in [4.69, 9.17) is 5.73 Å². The third-order valence-electron chi connectivity index (χ3n) is 3.96. The van der Waals surface area contributed by atoms with Crippen molar-refractivity contribution in [3.8, 4) is 0 Å². The topological polar surface area (TPSA) is 46.3 Å². The molecule has 0 bridgehead atoms. The molecule has 1 saturated carbocycles. The molecule has 2 aliphatic rings. The highest BCUT2D eigenvalue weighted by molar-refractivity contribution is 5.81. The molecule has 1 heterocycles. The minimum atomic E-state index is 0.203. The van der Waals surface area contributed by atoms with Crippen molar-refractivity contribution in [2.75, 3.05) is 6.54 Å². The molecule has 90 valence electrons. The van der Waals surface area contributed by atoms with E-state index in [1.54, 1.807) is 0 Å². The van der Waals surface area contributed by atoms with Crippen LogP contribution in [0.5, 0.6) is 0 Å². The molecule has 2 fully saturated rings. The van der Waals surface area contributed by atoms with Crippen molar-refractivity contribution in [1.29, 1.82) is 0 Å². The van der Waals surface area contributed by atoms with E-state index >= 15 is 0 Å². The monoisotopic (exact) mass is 230 g/mol. The smallest absolute Gasteiger partial charge is 0.226 e. The van der Waals surface area contributed by atoms with Gasteiger partial charge in [0.25, 0.3) is 0 Å². The predicted octanol–water partition coefficient (Wildman–Crippen LogP) is 1.38. The Bertz CT molecular complexity index is 417. The molecule has 3 unspecified atom stereocenters. The van der Waals surface area contributed by atoms with Crippen molar-refractivity contribution < 1.29 is 4.79 Å². The van der Waals surface area contributed by atoms with Gasteiger partial charge in [0, 0.05) is 25.0 Å². The van der Waals surface area contributed by atoms with Gasteiger partial charge in [0.15, 0.2) is 0 Å². The second-order valence-electron chi connectivity index (χ2n) is 5.20. The number of likely N-dealkylation sites (tertiary alicyclic amines) is 1. The highest BCUT2D eigenvalue weighted by Crippen LogP contribution is 2.41. The van der Waals surface area contributed by atoms with Crippen LogP contribution in [0.2, 0.25) is 0 Å². The maximum absolute atomic E-state index is 12.2. The van der Waals surface area contributed by atoms with E-state index < -0.39 is 0 Å². The molecule has 3 nitrogen and oxygen atoms in total. The summed E-state index contributed by atoms with van der Waals surface area (Å²) in [4.78, 5) is 14.2. The van der Waals surface area contributed by atoms with Gasteiger partial charge in [0.2, 0.25) is 5.91 Å². The van der Waals surface area contributed by atoms with Crippen molar-refractivity contribution in [1.82, 2.24) is 4.90 Å². The third-order valence-corrected chi connectivity index (χ3v) is 3.96. The van der Waals surface area contributed by atoms with E-state index in [1.807, 2.05) is 23.1 Å². The van der Waals surface area contributed by atoms with E-state index in [0.717, 1.165) is 25.9 Å². The lowest BCUT2D eigenvalue weighted by molar-refractivity contribution is -0.132. The van der Waals surface area contributed by atoms with Gasteiger partial charge in [0.05, 0.1) is 0 Å². The highest BCUT2D eigenvalue weighted by Gasteiger charge is 2.47. The van der Waals surface area contributed by atoms with Crippen molar-refractivity contribution >= 4 is 5.91 Å². The number of nitrogens with two attached hydrogens (primary N) is 1. The average Bonchev–Trinajstić information content (AvgIpc) is 2.95. The van der Waals surface area contributed by atoms with Crippen LogP contribution in [-0.2, 0) is 11.3 Å². The summed E-state index contributed by atoms with van der Waals surface area (Å²) in [5.74, 6) is 0.976. The Hall–Kier alpha value is -1.35. The van der Waals surface area contributed by atoms with E-state index in [-0.39, 0.29) is 12.0 Å². The summed E-state index contributed by atoms with van der Waals surface area (Å²) in [6.07, 6.45) is 2.03. The normalized spacial score (nSPS) is 31.9. The first-order valence-electron chi connectivity index (χ1n) is 6.34. The van der Waals surface area contributed by atoms with E-state index in [1.165, 1.54) is 5.56 Å². The van der Waals surface area contributed by atoms with Gasteiger partial charge in [-0.1, -0.05) is 30.3 Å². The van der Waals surface area contributed by atoms with Crippen molar-refractivity contribution in [2.45, 2.75) is 25.4 Å². The van der Waals surface area contributed by atoms with Crippen LogP contribution in [0.3, 0.4) is 0 Å². The summed E-state index contributed by atoms with van der Waals surface area (Å²) in [5, 5.41) is 0. The van der Waals surface area contributed by atoms with Crippen LogP contribution in [0.1, 0.15) is 18.4 Å². The van der Waals surface area contributed by atoms with Gasteiger partial charge >= 0.3 is 0 Å². The molecular weight excluding hydrogens is 212 g/mol. The molecule has 0 radical (unpaired) electrons. The van der Waals surface area contributed by atoms with Crippen LogP contribution in [0, 0.1) is 11.8 Å². The number of rotatable bonds is 3. The second-order valence-corrected chi connectivity index (χ2v) is 5.20. The van der Waals surface area contributed by atoms with Gasteiger partial charge in [-0.15, -0.1) is 0 Å². The summed E-state index contributed by atoms with van der Waals surface area (Å²) in [5.41, 5.74) is 7.05. The first-order chi connectivity index (χ1) is 8.25. The van der Waals surface area contributed by atoms with E-state index in [0.29, 0.717) is 11.8 Å². The number of hydrogen-bond donors (Lipinski definition) is 1. The number of nitrogens with zero attached hydrogens (tertiary/aromatic N) is 1. The summed E-state index contributed by atoms with van der Waals surface area (Å²) in [7, 11) is 0. The molecule has 17 heavy (non-hydrogen) atoms. The molecule has 2 N–H and O–H groups in total. The molecular formula is C14H18N2O. The molecule has 1 aromatic carbocycles. The molecule has 1 amide bonds. The van der Waals surface area contributed by atoms with Crippen LogP contribution >= 0.6 is 0 Å². The Morgan fingerprint density at radius 3 is 2.65 bits per heavy atom. The molecule has 1 saturated heterocycles. The lowest BCUT2D eigenvalue weighted by Gasteiger charge is -2.16. The Labute approximate surface area is 102 Å². The van der Waals surface area contributed by atoms with Gasteiger partial charge in [-0.2, -0.15) is 0 Å². The number of amides is 1. The van der Waals surface area contributed by atoms with Gasteiger partial charge in [-0.25, -0.2) is 0 Å². The average molecular weight is 230 g/mol. The largest absolute Gasteiger partial charge is 0.338 e. The lowest BCUT2D eigenvalue weighted by Crippen LogP contribution is -2.28. The number of carbonyl (C=O) groups is 1. The van der Waals surface area contributed by atoms with Crippen molar-refractivity contribution in [3.63, 3.8) is 0 Å². The van der Waals surface area contributed by atoms with Crippen LogP contribution < -0.4 is 5.73 Å². The molecule has 1 aliphatic carbocycles. The molecule has 3 rings (SSSR count). The second kappa shape index (κ2) is 4.15. The Kier molecular flexibility index (Phi) is 2.63. The van der Waals surface area contributed by atoms with Gasteiger partial charge < -0.3 is 10.6 Å². The van der Waals surface area contributed by atoms with Crippen LogP contribution in [0.15, 0.2) is 30.3 Å². The zero-order chi connectivity index (χ0) is 11.8. The summed E-state index contributed by atoms with van der Waals surface area (Å²) in [6, 6.07) is 10.5. The lowest BCUT2D eigenvalue weighted by atomic mass is 10.0. The van der Waals surface area contributed by atoms with Crippen molar-refractivity contribution in [2.24, 2.45) is 17.6 Å². The first-order valence-corrected chi connectivity index (χ1v) is 6.34. The first kappa shape index (κ1) is 10.8. The number of carbonyl (C=O) groups excluding carboxylic acids is 1. The van der Waals surface area contributed by atoms with E-state index in [2.05, 4.69) is 12.1 Å². The van der Waals surface area contributed by atoms with Crippen LogP contribution in [0.4, 0.5) is 0 Å². The zero-order valence-electron chi connectivity index (χ0n) is 9.88. The van der Waals surface area contributed by atoms with Crippen LogP contribution in [-0.4, -0.2) is 23.4 Å². The SMILES string of the molecule is NC1CC1C1CCN(Cc2ccccc2)C1=O. The molecule has 1 aromatic rings. The standard InChI is InChI=1S/C14H18N2O/c15-13-8-12(13)11-6-7-16(14(11)17)9-10-4-2-1-3-5-10/h1-5,11-13H,6-9,15H2.